The van der Waals surface area contributed by atoms with Crippen molar-refractivity contribution >= 4 is 11.9 Å². The summed E-state index contributed by atoms with van der Waals surface area (Å²) in [7, 11) is 1.50. The molecule has 1 aromatic rings. The number of nitrogens with one attached hydrogen (secondary N) is 1. The summed E-state index contributed by atoms with van der Waals surface area (Å²) in [5.41, 5.74) is 5.93. The van der Waals surface area contributed by atoms with Crippen molar-refractivity contribution in [1.82, 2.24) is 9.97 Å². The lowest BCUT2D eigenvalue weighted by Crippen LogP contribution is -2.22. The van der Waals surface area contributed by atoms with Crippen LogP contribution < -0.4 is 15.8 Å². The molecule has 3 N–H and O–H groups in total. The fourth-order valence-electron chi connectivity index (χ4n) is 1.11. The average Bonchev–Trinajstić information content (AvgIpc) is 2.28. The van der Waals surface area contributed by atoms with Gasteiger partial charge in [0.05, 0.1) is 13.7 Å². The third-order valence-electron chi connectivity index (χ3n) is 1.79. The van der Waals surface area contributed by atoms with E-state index in [-0.39, 0.29) is 18.5 Å². The van der Waals surface area contributed by atoms with Crippen LogP contribution in [-0.2, 0) is 9.53 Å². The van der Waals surface area contributed by atoms with Gasteiger partial charge < -0.3 is 15.2 Å². The number of anilines is 1. The van der Waals surface area contributed by atoms with Crippen molar-refractivity contribution in [2.75, 3.05) is 32.2 Å². The summed E-state index contributed by atoms with van der Waals surface area (Å²) in [5, 5.41) is 2.51. The van der Waals surface area contributed by atoms with Crippen LogP contribution in [0.1, 0.15) is 5.69 Å². The van der Waals surface area contributed by atoms with Crippen LogP contribution in [0.5, 0.6) is 5.88 Å². The Kier molecular flexibility index (Phi) is 5.31. The standard InChI is InChI=1S/C10H16N4O3/c1-7-5-9(16-2)14-10(12-7)13-8(15)6-17-4-3-11/h5H,3-4,6,11H2,1-2H3,(H,12,13,14,15). The second-order valence-corrected chi connectivity index (χ2v) is 3.26. The number of rotatable bonds is 6. The van der Waals surface area contributed by atoms with Crippen LogP contribution in [0.3, 0.4) is 0 Å². The lowest BCUT2D eigenvalue weighted by Gasteiger charge is -2.06. The number of aryl methyl sites for hydroxylation is 1. The molecule has 94 valence electrons. The second-order valence-electron chi connectivity index (χ2n) is 3.26. The maximum absolute atomic E-state index is 11.4. The molecule has 7 heteroatoms. The molecule has 0 aromatic carbocycles. The van der Waals surface area contributed by atoms with E-state index >= 15 is 0 Å². The molecule has 0 aliphatic rings. The minimum absolute atomic E-state index is 0.0726. The highest BCUT2D eigenvalue weighted by Crippen LogP contribution is 2.10. The minimum Gasteiger partial charge on any atom is -0.481 e. The summed E-state index contributed by atoms with van der Waals surface area (Å²) in [4.78, 5) is 19.4. The SMILES string of the molecule is COc1cc(C)nc(NC(=O)COCCN)n1. The van der Waals surface area contributed by atoms with E-state index in [1.165, 1.54) is 7.11 Å². The molecule has 1 rings (SSSR count). The maximum Gasteiger partial charge on any atom is 0.252 e. The largest absolute Gasteiger partial charge is 0.481 e. The van der Waals surface area contributed by atoms with E-state index in [1.807, 2.05) is 0 Å². The first kappa shape index (κ1) is 13.3. The highest BCUT2D eigenvalue weighted by atomic mass is 16.5. The van der Waals surface area contributed by atoms with E-state index in [0.29, 0.717) is 24.7 Å². The van der Waals surface area contributed by atoms with Gasteiger partial charge in [-0.05, 0) is 6.92 Å². The molecule has 0 saturated carbocycles. The molecule has 0 radical (unpaired) electrons. The van der Waals surface area contributed by atoms with Crippen LogP contribution in [-0.4, -0.2) is 42.7 Å². The van der Waals surface area contributed by atoms with E-state index < -0.39 is 0 Å². The van der Waals surface area contributed by atoms with Gasteiger partial charge >= 0.3 is 0 Å². The quantitative estimate of drug-likeness (QED) is 0.663. The van der Waals surface area contributed by atoms with E-state index in [1.54, 1.807) is 13.0 Å². The van der Waals surface area contributed by atoms with Crippen molar-refractivity contribution in [3.05, 3.63) is 11.8 Å². The van der Waals surface area contributed by atoms with Gasteiger partial charge in [-0.1, -0.05) is 0 Å². The number of nitrogens with two attached hydrogens (primary N) is 1. The van der Waals surface area contributed by atoms with E-state index in [9.17, 15) is 4.79 Å². The Balaban J connectivity index is 2.55. The Bertz CT molecular complexity index is 384. The maximum atomic E-state index is 11.4. The average molecular weight is 240 g/mol. The zero-order valence-electron chi connectivity index (χ0n) is 9.90. The van der Waals surface area contributed by atoms with Gasteiger partial charge in [-0.2, -0.15) is 4.98 Å². The highest BCUT2D eigenvalue weighted by Gasteiger charge is 2.07. The Morgan fingerprint density at radius 1 is 1.53 bits per heavy atom. The number of carbonyl (C=O) groups excluding carboxylic acids is 1. The molecule has 0 atom stereocenters. The molecule has 0 spiro atoms. The molecule has 7 nitrogen and oxygen atoms in total. The van der Waals surface area contributed by atoms with Gasteiger partial charge in [0.1, 0.15) is 6.61 Å². The number of aromatic nitrogens is 2. The molecular weight excluding hydrogens is 224 g/mol. The lowest BCUT2D eigenvalue weighted by atomic mass is 10.4. The van der Waals surface area contributed by atoms with Crippen LogP contribution >= 0.6 is 0 Å². The first-order valence-corrected chi connectivity index (χ1v) is 5.13. The topological polar surface area (TPSA) is 99.4 Å². The van der Waals surface area contributed by atoms with E-state index in [0.717, 1.165) is 0 Å². The molecule has 0 bridgehead atoms. The third kappa shape index (κ3) is 4.75. The summed E-state index contributed by atoms with van der Waals surface area (Å²) in [5.74, 6) is 0.268. The smallest absolute Gasteiger partial charge is 0.252 e. The molecular formula is C10H16N4O3. The zero-order chi connectivity index (χ0) is 12.7. The number of methoxy groups -OCH3 is 1. The summed E-state index contributed by atoms with van der Waals surface area (Å²) in [6, 6.07) is 1.67. The highest BCUT2D eigenvalue weighted by molar-refractivity contribution is 5.90. The summed E-state index contributed by atoms with van der Waals surface area (Å²) in [6.07, 6.45) is 0. The van der Waals surface area contributed by atoms with Gasteiger partial charge in [-0.25, -0.2) is 4.98 Å². The number of ether oxygens (including phenoxy) is 2. The number of carbonyl (C=O) groups is 1. The molecule has 17 heavy (non-hydrogen) atoms. The van der Waals surface area contributed by atoms with Gasteiger partial charge in [0.2, 0.25) is 11.8 Å². The van der Waals surface area contributed by atoms with Gasteiger partial charge in [0, 0.05) is 18.3 Å². The first-order valence-electron chi connectivity index (χ1n) is 5.13. The normalized spacial score (nSPS) is 10.1. The van der Waals surface area contributed by atoms with Crippen molar-refractivity contribution in [2.24, 2.45) is 5.73 Å². The third-order valence-corrected chi connectivity index (χ3v) is 1.79. The van der Waals surface area contributed by atoms with Crippen molar-refractivity contribution < 1.29 is 14.3 Å². The monoisotopic (exact) mass is 240 g/mol. The van der Waals surface area contributed by atoms with Crippen LogP contribution in [0.15, 0.2) is 6.07 Å². The van der Waals surface area contributed by atoms with Gasteiger partial charge in [0.15, 0.2) is 0 Å². The van der Waals surface area contributed by atoms with Crippen LogP contribution in [0.2, 0.25) is 0 Å². The number of nitrogens with zero attached hydrogens (tertiary/aromatic N) is 2. The summed E-state index contributed by atoms with van der Waals surface area (Å²) < 4.78 is 9.95. The molecule has 1 amide bonds. The van der Waals surface area contributed by atoms with Crippen molar-refractivity contribution in [3.63, 3.8) is 0 Å². The minimum atomic E-state index is -0.328. The predicted molar refractivity (Wildman–Crippen MR) is 61.8 cm³/mol. The Hall–Kier alpha value is -1.73. The Morgan fingerprint density at radius 3 is 2.94 bits per heavy atom. The lowest BCUT2D eigenvalue weighted by molar-refractivity contribution is -0.120. The number of hydrogen-bond acceptors (Lipinski definition) is 6. The molecule has 0 unspecified atom stereocenters. The number of hydrogen-bond donors (Lipinski definition) is 2. The predicted octanol–water partition coefficient (Wildman–Crippen LogP) is -0.293. The number of amides is 1. The van der Waals surface area contributed by atoms with E-state index in [4.69, 9.17) is 15.2 Å². The van der Waals surface area contributed by atoms with Crippen molar-refractivity contribution in [3.8, 4) is 5.88 Å². The summed E-state index contributed by atoms with van der Waals surface area (Å²) >= 11 is 0. The first-order chi connectivity index (χ1) is 8.15. The molecule has 0 saturated heterocycles. The molecule has 0 aliphatic carbocycles. The van der Waals surface area contributed by atoms with Crippen LogP contribution in [0.4, 0.5) is 5.95 Å². The Morgan fingerprint density at radius 2 is 2.29 bits per heavy atom. The van der Waals surface area contributed by atoms with Crippen LogP contribution in [0, 0.1) is 6.92 Å². The Labute approximate surface area is 99.3 Å². The van der Waals surface area contributed by atoms with E-state index in [2.05, 4.69) is 15.3 Å². The van der Waals surface area contributed by atoms with Gasteiger partial charge in [0.25, 0.3) is 5.91 Å². The summed E-state index contributed by atoms with van der Waals surface area (Å²) in [6.45, 7) is 2.43. The van der Waals surface area contributed by atoms with Crippen LogP contribution in [0.25, 0.3) is 0 Å². The molecule has 0 aliphatic heterocycles. The van der Waals surface area contributed by atoms with Gasteiger partial charge in [-0.15, -0.1) is 0 Å². The fourth-order valence-corrected chi connectivity index (χ4v) is 1.11. The van der Waals surface area contributed by atoms with Gasteiger partial charge in [-0.3, -0.25) is 10.1 Å². The fraction of sp³-hybridized carbons (Fsp3) is 0.500. The molecule has 1 heterocycles. The second kappa shape index (κ2) is 6.77. The zero-order valence-corrected chi connectivity index (χ0v) is 9.90. The molecule has 1 aromatic heterocycles. The van der Waals surface area contributed by atoms with Crippen molar-refractivity contribution in [1.29, 1.82) is 0 Å². The van der Waals surface area contributed by atoms with Crippen molar-refractivity contribution in [2.45, 2.75) is 6.92 Å². The molecule has 0 fully saturated rings.